The van der Waals surface area contributed by atoms with Gasteiger partial charge in [0.05, 0.1) is 16.9 Å². The number of rotatable bonds is 7. The third kappa shape index (κ3) is 4.50. The number of carbonyl (C=O) groups is 1. The van der Waals surface area contributed by atoms with Crippen LogP contribution in [0, 0.1) is 0 Å². The van der Waals surface area contributed by atoms with E-state index in [1.54, 1.807) is 30.6 Å². The molecular formula is C19H21ClN4O3. The molecule has 0 atom stereocenters. The van der Waals surface area contributed by atoms with Gasteiger partial charge in [0.2, 0.25) is 5.76 Å². The van der Waals surface area contributed by atoms with Gasteiger partial charge in [-0.1, -0.05) is 11.6 Å². The molecule has 3 aromatic rings. The van der Waals surface area contributed by atoms with Crippen LogP contribution >= 0.6 is 11.6 Å². The molecule has 0 saturated heterocycles. The van der Waals surface area contributed by atoms with Crippen LogP contribution in [0.1, 0.15) is 17.0 Å². The second kappa shape index (κ2) is 8.28. The van der Waals surface area contributed by atoms with Gasteiger partial charge in [-0.15, -0.1) is 0 Å². The van der Waals surface area contributed by atoms with Gasteiger partial charge in [0.1, 0.15) is 5.75 Å². The number of nitrogens with zero attached hydrogens (tertiary/aromatic N) is 2. The molecular weight excluding hydrogens is 368 g/mol. The zero-order valence-corrected chi connectivity index (χ0v) is 15.9. The number of aromatic nitrogens is 1. The van der Waals surface area contributed by atoms with E-state index >= 15 is 0 Å². The van der Waals surface area contributed by atoms with Crippen LogP contribution in [-0.4, -0.2) is 48.1 Å². The van der Waals surface area contributed by atoms with Crippen LogP contribution in [0.15, 0.2) is 41.1 Å². The number of nitrogens with one attached hydrogen (secondary N) is 2. The summed E-state index contributed by atoms with van der Waals surface area (Å²) in [6.45, 7) is 1.41. The summed E-state index contributed by atoms with van der Waals surface area (Å²) in [4.78, 5) is 18.7. The average molecular weight is 389 g/mol. The number of hydrogen-bond acceptors (Lipinski definition) is 6. The van der Waals surface area contributed by atoms with Gasteiger partial charge in [-0.05, 0) is 45.3 Å². The van der Waals surface area contributed by atoms with Crippen LogP contribution in [-0.2, 0) is 0 Å². The molecule has 3 rings (SSSR count). The highest BCUT2D eigenvalue weighted by molar-refractivity contribution is 6.32. The van der Waals surface area contributed by atoms with Crippen molar-refractivity contribution in [3.63, 3.8) is 0 Å². The largest absolute Gasteiger partial charge is 0.506 e. The number of hydrogen-bond donors (Lipinski definition) is 3. The van der Waals surface area contributed by atoms with Crippen molar-refractivity contribution in [1.29, 1.82) is 0 Å². The van der Waals surface area contributed by atoms with E-state index in [1.165, 1.54) is 6.07 Å². The van der Waals surface area contributed by atoms with Crippen molar-refractivity contribution in [2.24, 2.45) is 0 Å². The zero-order valence-electron chi connectivity index (χ0n) is 15.1. The molecule has 0 aliphatic heterocycles. The predicted molar refractivity (Wildman–Crippen MR) is 106 cm³/mol. The van der Waals surface area contributed by atoms with Crippen molar-refractivity contribution in [2.45, 2.75) is 6.42 Å². The molecule has 3 N–H and O–H groups in total. The molecule has 0 saturated carbocycles. The molecule has 1 aromatic carbocycles. The van der Waals surface area contributed by atoms with Gasteiger partial charge < -0.3 is 25.1 Å². The number of phenols is 1. The van der Waals surface area contributed by atoms with E-state index in [0.717, 1.165) is 18.4 Å². The zero-order chi connectivity index (χ0) is 19.4. The number of benzene rings is 1. The summed E-state index contributed by atoms with van der Waals surface area (Å²) in [6.07, 6.45) is 4.01. The van der Waals surface area contributed by atoms with Crippen molar-refractivity contribution in [2.75, 3.05) is 32.5 Å². The molecule has 0 spiro atoms. The van der Waals surface area contributed by atoms with E-state index in [4.69, 9.17) is 16.0 Å². The van der Waals surface area contributed by atoms with Crippen molar-refractivity contribution >= 4 is 39.9 Å². The number of pyridine rings is 1. The lowest BCUT2D eigenvalue weighted by molar-refractivity contribution is 0.0928. The Labute approximate surface area is 161 Å². The average Bonchev–Trinajstić information content (AvgIpc) is 3.00. The normalized spacial score (nSPS) is 11.1. The fourth-order valence-corrected chi connectivity index (χ4v) is 2.76. The van der Waals surface area contributed by atoms with E-state index in [-0.39, 0.29) is 22.4 Å². The third-order valence-electron chi connectivity index (χ3n) is 3.98. The minimum absolute atomic E-state index is 0.0502. The maximum Gasteiger partial charge on any atom is 0.289 e. The first kappa shape index (κ1) is 19.0. The Morgan fingerprint density at radius 2 is 2.15 bits per heavy atom. The first-order chi connectivity index (χ1) is 13.0. The maximum absolute atomic E-state index is 12.6. The molecule has 7 nitrogen and oxygen atoms in total. The minimum Gasteiger partial charge on any atom is -0.506 e. The molecule has 0 radical (unpaired) electrons. The van der Waals surface area contributed by atoms with Crippen molar-refractivity contribution in [3.8, 4) is 5.75 Å². The van der Waals surface area contributed by atoms with E-state index < -0.39 is 0 Å². The van der Waals surface area contributed by atoms with Crippen molar-refractivity contribution < 1.29 is 14.3 Å². The Hall–Kier alpha value is -2.77. The Morgan fingerprint density at radius 1 is 1.33 bits per heavy atom. The van der Waals surface area contributed by atoms with Gasteiger partial charge >= 0.3 is 0 Å². The highest BCUT2D eigenvalue weighted by atomic mass is 35.5. The van der Waals surface area contributed by atoms with Crippen molar-refractivity contribution in [1.82, 2.24) is 15.2 Å². The highest BCUT2D eigenvalue weighted by Crippen LogP contribution is 2.34. The second-order valence-electron chi connectivity index (χ2n) is 6.38. The Bertz CT molecular complexity index is 955. The molecule has 0 bridgehead atoms. The lowest BCUT2D eigenvalue weighted by Crippen LogP contribution is -2.27. The molecule has 2 heterocycles. The summed E-state index contributed by atoms with van der Waals surface area (Å²) in [6, 6.07) is 6.53. The Balaban J connectivity index is 1.87. The molecule has 2 aromatic heterocycles. The number of amides is 1. The van der Waals surface area contributed by atoms with Crippen LogP contribution in [0.5, 0.6) is 5.75 Å². The van der Waals surface area contributed by atoms with Gasteiger partial charge in [0, 0.05) is 29.9 Å². The highest BCUT2D eigenvalue weighted by Gasteiger charge is 2.21. The minimum atomic E-state index is -0.314. The summed E-state index contributed by atoms with van der Waals surface area (Å²) in [5.74, 6) is -0.200. The fraction of sp³-hybridized carbons (Fsp3) is 0.263. The van der Waals surface area contributed by atoms with Gasteiger partial charge in [-0.25, -0.2) is 0 Å². The topological polar surface area (TPSA) is 90.6 Å². The number of carbonyl (C=O) groups excluding carboxylic acids is 1. The fourth-order valence-electron chi connectivity index (χ4n) is 2.65. The van der Waals surface area contributed by atoms with Crippen LogP contribution in [0.3, 0.4) is 0 Å². The first-order valence-electron chi connectivity index (χ1n) is 8.50. The quantitative estimate of drug-likeness (QED) is 0.535. The lowest BCUT2D eigenvalue weighted by Gasteiger charge is -2.10. The van der Waals surface area contributed by atoms with Crippen molar-refractivity contribution in [3.05, 3.63) is 47.4 Å². The van der Waals surface area contributed by atoms with Gasteiger partial charge in [-0.3, -0.25) is 9.78 Å². The Morgan fingerprint density at radius 3 is 2.89 bits per heavy atom. The van der Waals surface area contributed by atoms with E-state index in [9.17, 15) is 9.90 Å². The maximum atomic E-state index is 12.6. The predicted octanol–water partition coefficient (Wildman–Crippen LogP) is 3.61. The second-order valence-corrected chi connectivity index (χ2v) is 6.79. The number of aromatic hydroxyl groups is 1. The lowest BCUT2D eigenvalue weighted by atomic mass is 10.2. The summed E-state index contributed by atoms with van der Waals surface area (Å²) >= 11 is 5.86. The number of furan rings is 1. The molecule has 1 amide bonds. The molecule has 0 unspecified atom stereocenters. The smallest absolute Gasteiger partial charge is 0.289 e. The van der Waals surface area contributed by atoms with Gasteiger partial charge in [-0.2, -0.15) is 0 Å². The first-order valence-corrected chi connectivity index (χ1v) is 8.88. The van der Waals surface area contributed by atoms with Crippen LogP contribution in [0.2, 0.25) is 5.02 Å². The van der Waals surface area contributed by atoms with Gasteiger partial charge in [0.15, 0.2) is 5.58 Å². The van der Waals surface area contributed by atoms with E-state index in [0.29, 0.717) is 23.5 Å². The molecule has 0 aliphatic carbocycles. The van der Waals surface area contributed by atoms with Crippen LogP contribution in [0.4, 0.5) is 11.4 Å². The van der Waals surface area contributed by atoms with Gasteiger partial charge in [0.25, 0.3) is 5.91 Å². The monoisotopic (exact) mass is 388 g/mol. The SMILES string of the molecule is CN(C)CCCNC(=O)c1oc2cnccc2c1Nc1ccc(Cl)c(O)c1. The molecule has 142 valence electrons. The van der Waals surface area contributed by atoms with E-state index in [2.05, 4.69) is 20.5 Å². The molecule has 0 fully saturated rings. The summed E-state index contributed by atoms with van der Waals surface area (Å²) in [5, 5.41) is 16.8. The van der Waals surface area contributed by atoms with E-state index in [1.807, 2.05) is 14.1 Å². The molecule has 0 aliphatic rings. The summed E-state index contributed by atoms with van der Waals surface area (Å²) < 4.78 is 5.73. The molecule has 8 heteroatoms. The number of phenolic OH excluding ortho intramolecular Hbond substituents is 1. The number of anilines is 2. The number of fused-ring (bicyclic) bond motifs is 1. The third-order valence-corrected chi connectivity index (χ3v) is 4.30. The molecule has 27 heavy (non-hydrogen) atoms. The number of halogens is 1. The summed E-state index contributed by atoms with van der Waals surface area (Å²) in [7, 11) is 3.97. The summed E-state index contributed by atoms with van der Waals surface area (Å²) in [5.41, 5.74) is 1.59. The Kier molecular flexibility index (Phi) is 5.83. The van der Waals surface area contributed by atoms with Crippen LogP contribution < -0.4 is 10.6 Å². The van der Waals surface area contributed by atoms with Crippen LogP contribution in [0.25, 0.3) is 11.0 Å². The standard InChI is InChI=1S/C19H21ClN4O3/c1-24(2)9-3-7-22-19(26)18-17(13-6-8-21-11-16(13)27-18)23-12-4-5-14(20)15(25)10-12/h4-6,8,10-11,23,25H,3,7,9H2,1-2H3,(H,22,26).